The van der Waals surface area contributed by atoms with E-state index >= 15 is 0 Å². The average Bonchev–Trinajstić information content (AvgIpc) is 3.10. The van der Waals surface area contributed by atoms with Crippen LogP contribution in [0.4, 0.5) is 0 Å². The molecule has 1 heterocycles. The number of pyridine rings is 1. The van der Waals surface area contributed by atoms with Crippen molar-refractivity contribution in [1.82, 2.24) is 4.98 Å². The van der Waals surface area contributed by atoms with Gasteiger partial charge in [0.25, 0.3) is 0 Å². The van der Waals surface area contributed by atoms with Gasteiger partial charge in [-0.15, -0.1) is 0 Å². The lowest BCUT2D eigenvalue weighted by atomic mass is 9.81. The third kappa shape index (κ3) is 6.43. The molecule has 218 valence electrons. The molecule has 2 aliphatic carbocycles. The minimum Gasteiger partial charge on any atom is -0.252 e. The zero-order chi connectivity index (χ0) is 30.3. The van der Waals surface area contributed by atoms with Gasteiger partial charge in [-0.3, -0.25) is 4.98 Å². The molecule has 3 aromatic carbocycles. The molecule has 0 saturated heterocycles. The van der Waals surface area contributed by atoms with E-state index in [9.17, 15) is 0 Å². The van der Waals surface area contributed by atoms with E-state index in [4.69, 9.17) is 4.98 Å². The molecule has 0 fully saturated rings. The predicted molar refractivity (Wildman–Crippen MR) is 190 cm³/mol. The van der Waals surface area contributed by atoms with Gasteiger partial charge in [0.05, 0.1) is 5.69 Å². The van der Waals surface area contributed by atoms with Gasteiger partial charge in [0.2, 0.25) is 0 Å². The van der Waals surface area contributed by atoms with E-state index < -0.39 is 0 Å². The second kappa shape index (κ2) is 13.7. The maximum atomic E-state index is 5.15. The van der Waals surface area contributed by atoms with Crippen molar-refractivity contribution >= 4 is 16.3 Å². The van der Waals surface area contributed by atoms with E-state index in [1.807, 2.05) is 6.08 Å². The van der Waals surface area contributed by atoms with Gasteiger partial charge in [0, 0.05) is 23.1 Å². The lowest BCUT2D eigenvalue weighted by Crippen LogP contribution is -2.04. The monoisotopic (exact) mass is 571 g/mol. The summed E-state index contributed by atoms with van der Waals surface area (Å²) >= 11 is 0. The van der Waals surface area contributed by atoms with Gasteiger partial charge in [-0.2, -0.15) is 0 Å². The molecule has 0 aliphatic heterocycles. The molecule has 2 atom stereocenters. The number of hydrogen-bond donors (Lipinski definition) is 0. The van der Waals surface area contributed by atoms with E-state index in [1.54, 1.807) is 0 Å². The van der Waals surface area contributed by atoms with Gasteiger partial charge in [-0.1, -0.05) is 140 Å². The Hall–Kier alpha value is -4.75. The zero-order valence-electron chi connectivity index (χ0n) is 25.9. The Morgan fingerprint density at radius 3 is 2.57 bits per heavy atom. The summed E-state index contributed by atoms with van der Waals surface area (Å²) in [6.07, 6.45) is 24.0. The van der Waals surface area contributed by atoms with Gasteiger partial charge >= 0.3 is 0 Å². The second-order valence-corrected chi connectivity index (χ2v) is 11.9. The summed E-state index contributed by atoms with van der Waals surface area (Å²) in [7, 11) is 0. The van der Waals surface area contributed by atoms with Crippen LogP contribution >= 0.6 is 0 Å². The van der Waals surface area contributed by atoms with Crippen molar-refractivity contribution in [3.8, 4) is 11.3 Å². The lowest BCUT2D eigenvalue weighted by Gasteiger charge is -2.23. The first-order valence-electron chi connectivity index (χ1n) is 15.9. The highest BCUT2D eigenvalue weighted by Crippen LogP contribution is 2.40. The van der Waals surface area contributed by atoms with Gasteiger partial charge in [-0.25, -0.2) is 0 Å². The summed E-state index contributed by atoms with van der Waals surface area (Å²) in [6.45, 7) is 8.65. The first-order chi connectivity index (χ1) is 21.6. The molecule has 0 saturated carbocycles. The van der Waals surface area contributed by atoms with Crippen molar-refractivity contribution in [2.24, 2.45) is 0 Å². The Bertz CT molecular complexity index is 1850. The fraction of sp³-hybridized carbons (Fsp3) is 0.186. The number of aromatic nitrogens is 1. The maximum Gasteiger partial charge on any atom is 0.0705 e. The molecular weight excluding hydrogens is 530 g/mol. The van der Waals surface area contributed by atoms with E-state index in [2.05, 4.69) is 154 Å². The number of allylic oxidation sites excluding steroid dienone is 13. The number of hydrogen-bond acceptors (Lipinski definition) is 1. The van der Waals surface area contributed by atoms with E-state index in [0.29, 0.717) is 5.92 Å². The summed E-state index contributed by atoms with van der Waals surface area (Å²) in [5.74, 6) is 0.567. The first kappa shape index (κ1) is 29.3. The first-order valence-corrected chi connectivity index (χ1v) is 15.9. The summed E-state index contributed by atoms with van der Waals surface area (Å²) < 4.78 is 0. The molecule has 2 unspecified atom stereocenters. The molecule has 44 heavy (non-hydrogen) atoms. The van der Waals surface area contributed by atoms with Crippen LogP contribution in [-0.2, 0) is 0 Å². The van der Waals surface area contributed by atoms with E-state index in [1.165, 1.54) is 50.6 Å². The molecule has 0 radical (unpaired) electrons. The minimum absolute atomic E-state index is 0.242. The Balaban J connectivity index is 1.47. The number of nitrogens with zero attached hydrogens (tertiary/aromatic N) is 1. The number of rotatable bonds is 8. The van der Waals surface area contributed by atoms with Crippen LogP contribution in [0.1, 0.15) is 68.2 Å². The molecular formula is C43H41N. The molecule has 4 aromatic rings. The third-order valence-corrected chi connectivity index (χ3v) is 9.05. The topological polar surface area (TPSA) is 12.9 Å². The standard InChI is InChI=1S/C43H41N/c1-4-5-24-40(32(3)31(2)36-28-27-33-16-12-13-21-37(33)29-36)43(35-19-10-7-11-20-35)39-23-14-22-38(30-39)42-26-15-25-41(44-42)34-17-8-6-9-18-34/h4-6,8-10,12-17,19,21-31,34H,1,7,11,18,20H2,2-3H3/b24-5-,40-32-,43-35-. The van der Waals surface area contributed by atoms with Gasteiger partial charge in [-0.05, 0) is 89.4 Å². The van der Waals surface area contributed by atoms with Crippen LogP contribution in [0.2, 0.25) is 0 Å². The third-order valence-electron chi connectivity index (χ3n) is 9.05. The number of benzene rings is 3. The molecule has 2 aliphatic rings. The van der Waals surface area contributed by atoms with Crippen LogP contribution in [0.5, 0.6) is 0 Å². The highest BCUT2D eigenvalue weighted by atomic mass is 14.7. The molecule has 0 amide bonds. The van der Waals surface area contributed by atoms with Gasteiger partial charge < -0.3 is 0 Å². The van der Waals surface area contributed by atoms with Crippen LogP contribution in [0.25, 0.3) is 27.6 Å². The normalized spacial score (nSPS) is 18.8. The van der Waals surface area contributed by atoms with Crippen LogP contribution in [-0.4, -0.2) is 4.98 Å². The van der Waals surface area contributed by atoms with Crippen LogP contribution in [0.3, 0.4) is 0 Å². The fourth-order valence-corrected chi connectivity index (χ4v) is 6.43. The lowest BCUT2D eigenvalue weighted by molar-refractivity contribution is 0.817. The molecule has 1 nitrogen and oxygen atoms in total. The van der Waals surface area contributed by atoms with E-state index in [-0.39, 0.29) is 5.92 Å². The summed E-state index contributed by atoms with van der Waals surface area (Å²) in [5, 5.41) is 2.56. The maximum absolute atomic E-state index is 5.15. The highest BCUT2D eigenvalue weighted by molar-refractivity contribution is 5.88. The van der Waals surface area contributed by atoms with Crippen molar-refractivity contribution in [1.29, 1.82) is 0 Å². The van der Waals surface area contributed by atoms with Crippen LogP contribution in [0.15, 0.2) is 163 Å². The van der Waals surface area contributed by atoms with E-state index in [0.717, 1.165) is 36.2 Å². The zero-order valence-corrected chi connectivity index (χ0v) is 25.9. The molecule has 1 aromatic heterocycles. The van der Waals surface area contributed by atoms with Crippen LogP contribution < -0.4 is 0 Å². The summed E-state index contributed by atoms with van der Waals surface area (Å²) in [6, 6.07) is 30.9. The predicted octanol–water partition coefficient (Wildman–Crippen LogP) is 11.9. The Morgan fingerprint density at radius 1 is 0.909 bits per heavy atom. The largest absolute Gasteiger partial charge is 0.252 e. The SMILES string of the molecule is C=C\C=C/C(=C(\C)C(C)c1ccc2ccccc2c1)C(=C1/C=CCCC1)/c1cccc(-c2cccc(C3C=CC=CC3)n2)c1. The summed E-state index contributed by atoms with van der Waals surface area (Å²) in [4.78, 5) is 5.15. The Morgan fingerprint density at radius 2 is 1.77 bits per heavy atom. The average molecular weight is 572 g/mol. The second-order valence-electron chi connectivity index (χ2n) is 11.9. The molecule has 0 bridgehead atoms. The highest BCUT2D eigenvalue weighted by Gasteiger charge is 2.20. The van der Waals surface area contributed by atoms with Gasteiger partial charge in [0.1, 0.15) is 0 Å². The van der Waals surface area contributed by atoms with Crippen molar-refractivity contribution in [3.63, 3.8) is 0 Å². The smallest absolute Gasteiger partial charge is 0.0705 e. The van der Waals surface area contributed by atoms with Crippen molar-refractivity contribution < 1.29 is 0 Å². The van der Waals surface area contributed by atoms with Crippen molar-refractivity contribution in [2.75, 3.05) is 0 Å². The quantitative estimate of drug-likeness (QED) is 0.192. The van der Waals surface area contributed by atoms with Crippen LogP contribution in [0, 0.1) is 0 Å². The molecule has 0 spiro atoms. The summed E-state index contributed by atoms with van der Waals surface area (Å²) in [5.41, 5.74) is 11.2. The number of fused-ring (bicyclic) bond motifs is 1. The Labute approximate surface area is 263 Å². The minimum atomic E-state index is 0.242. The van der Waals surface area contributed by atoms with Crippen molar-refractivity contribution in [3.05, 3.63) is 180 Å². The Kier molecular flexibility index (Phi) is 9.13. The molecule has 0 N–H and O–H groups in total. The molecule has 6 rings (SSSR count). The molecule has 1 heteroatoms. The van der Waals surface area contributed by atoms with Crippen molar-refractivity contribution in [2.45, 2.75) is 51.4 Å². The fourth-order valence-electron chi connectivity index (χ4n) is 6.43. The van der Waals surface area contributed by atoms with Gasteiger partial charge in [0.15, 0.2) is 0 Å².